The molecule has 1 saturated heterocycles. The number of rotatable bonds is 4. The molecule has 0 bridgehead atoms. The van der Waals surface area contributed by atoms with Gasteiger partial charge in [-0.15, -0.1) is 0 Å². The summed E-state index contributed by atoms with van der Waals surface area (Å²) in [6.07, 6.45) is 1.71. The first kappa shape index (κ1) is 17.0. The van der Waals surface area contributed by atoms with Gasteiger partial charge in [-0.05, 0) is 36.6 Å². The Labute approximate surface area is 145 Å². The van der Waals surface area contributed by atoms with Gasteiger partial charge in [0.15, 0.2) is 5.69 Å². The second kappa shape index (κ2) is 6.58. The van der Waals surface area contributed by atoms with Crippen molar-refractivity contribution in [3.05, 3.63) is 41.7 Å². The molecule has 2 aromatic rings. The van der Waals surface area contributed by atoms with Crippen LogP contribution in [-0.4, -0.2) is 51.9 Å². The highest BCUT2D eigenvalue weighted by molar-refractivity contribution is 5.93. The second-order valence-corrected chi connectivity index (χ2v) is 6.45. The quantitative estimate of drug-likeness (QED) is 0.917. The van der Waals surface area contributed by atoms with Crippen LogP contribution in [0.15, 0.2) is 30.5 Å². The molecule has 1 aliphatic heterocycles. The minimum Gasteiger partial charge on any atom is -0.494 e. The third-order valence-electron chi connectivity index (χ3n) is 4.61. The summed E-state index contributed by atoms with van der Waals surface area (Å²) < 4.78 is 6.96. The van der Waals surface area contributed by atoms with Crippen LogP contribution in [0.25, 0.3) is 5.69 Å². The number of ether oxygens (including phenoxy) is 1. The summed E-state index contributed by atoms with van der Waals surface area (Å²) in [5, 5.41) is 13.6. The van der Waals surface area contributed by atoms with E-state index in [4.69, 9.17) is 4.74 Å². The van der Waals surface area contributed by atoms with Crippen molar-refractivity contribution in [2.24, 2.45) is 11.8 Å². The second-order valence-electron chi connectivity index (χ2n) is 6.45. The van der Waals surface area contributed by atoms with E-state index in [0.29, 0.717) is 18.0 Å². The molecule has 1 aromatic carbocycles. The normalized spacial score (nSPS) is 19.9. The van der Waals surface area contributed by atoms with Crippen molar-refractivity contribution in [2.45, 2.75) is 13.8 Å². The van der Waals surface area contributed by atoms with Crippen molar-refractivity contribution in [3.63, 3.8) is 0 Å². The van der Waals surface area contributed by atoms with Crippen molar-refractivity contribution in [1.29, 1.82) is 0 Å². The van der Waals surface area contributed by atoms with Crippen LogP contribution >= 0.6 is 0 Å². The van der Waals surface area contributed by atoms with Crippen LogP contribution in [0.1, 0.15) is 23.0 Å². The zero-order valence-corrected chi connectivity index (χ0v) is 14.5. The molecule has 3 rings (SSSR count). The number of nitrogens with zero attached hydrogens (tertiary/aromatic N) is 3. The molecule has 0 aliphatic carbocycles. The zero-order chi connectivity index (χ0) is 18.1. The van der Waals surface area contributed by atoms with Crippen molar-refractivity contribution >= 4 is 11.9 Å². The molecule has 7 heteroatoms. The predicted octanol–water partition coefficient (Wildman–Crippen LogP) is 1.98. The van der Waals surface area contributed by atoms with E-state index in [1.165, 1.54) is 0 Å². The lowest BCUT2D eigenvalue weighted by molar-refractivity contribution is -0.142. The highest BCUT2D eigenvalue weighted by Crippen LogP contribution is 2.26. The monoisotopic (exact) mass is 343 g/mol. The van der Waals surface area contributed by atoms with Crippen LogP contribution in [0, 0.1) is 18.8 Å². The summed E-state index contributed by atoms with van der Waals surface area (Å²) in [7, 11) is 1.58. The Kier molecular flexibility index (Phi) is 4.48. The molecule has 7 nitrogen and oxygen atoms in total. The van der Waals surface area contributed by atoms with E-state index in [1.54, 1.807) is 29.0 Å². The van der Waals surface area contributed by atoms with Gasteiger partial charge in [0.2, 0.25) is 0 Å². The van der Waals surface area contributed by atoms with Gasteiger partial charge in [-0.25, -0.2) is 4.68 Å². The standard InChI is InChI=1S/C18H21N3O4/c1-11-4-5-16(25-3)15(8-11)21-7-6-14(19-21)17(22)20-9-12(2)13(10-20)18(23)24/h4-8,12-13H,9-10H2,1-3H3,(H,23,24)/t12-,13-/m1/s1. The van der Waals surface area contributed by atoms with Gasteiger partial charge in [-0.2, -0.15) is 5.10 Å². The van der Waals surface area contributed by atoms with Gasteiger partial charge >= 0.3 is 5.97 Å². The van der Waals surface area contributed by atoms with E-state index in [9.17, 15) is 14.7 Å². The molecule has 2 heterocycles. The Bertz CT molecular complexity index is 814. The smallest absolute Gasteiger partial charge is 0.308 e. The molecule has 1 amide bonds. The van der Waals surface area contributed by atoms with Gasteiger partial charge in [-0.1, -0.05) is 13.0 Å². The Hall–Kier alpha value is -2.83. The topological polar surface area (TPSA) is 84.7 Å². The maximum atomic E-state index is 12.7. The van der Waals surface area contributed by atoms with Crippen molar-refractivity contribution in [1.82, 2.24) is 14.7 Å². The molecule has 0 radical (unpaired) electrons. The third kappa shape index (κ3) is 3.22. The van der Waals surface area contributed by atoms with E-state index in [2.05, 4.69) is 5.10 Å². The number of hydrogen-bond acceptors (Lipinski definition) is 4. The number of amides is 1. The van der Waals surface area contributed by atoms with E-state index >= 15 is 0 Å². The molecule has 0 spiro atoms. The molecule has 1 aliphatic rings. The third-order valence-corrected chi connectivity index (χ3v) is 4.61. The lowest BCUT2D eigenvalue weighted by Crippen LogP contribution is -2.30. The first-order chi connectivity index (χ1) is 11.9. The fourth-order valence-corrected chi connectivity index (χ4v) is 3.17. The van der Waals surface area contributed by atoms with Gasteiger partial charge in [0.25, 0.3) is 5.91 Å². The molecule has 0 unspecified atom stereocenters. The number of carbonyl (C=O) groups is 2. The Balaban J connectivity index is 1.84. The lowest BCUT2D eigenvalue weighted by Gasteiger charge is -2.14. The largest absolute Gasteiger partial charge is 0.494 e. The van der Waals surface area contributed by atoms with Crippen LogP contribution in [0.3, 0.4) is 0 Å². The lowest BCUT2D eigenvalue weighted by atomic mass is 9.99. The Morgan fingerprint density at radius 2 is 2.04 bits per heavy atom. The van der Waals surface area contributed by atoms with Gasteiger partial charge in [0.05, 0.1) is 13.0 Å². The summed E-state index contributed by atoms with van der Waals surface area (Å²) >= 11 is 0. The number of carbonyl (C=O) groups excluding carboxylic acids is 1. The summed E-state index contributed by atoms with van der Waals surface area (Å²) in [5.74, 6) is -1.05. The van der Waals surface area contributed by atoms with Crippen molar-refractivity contribution < 1.29 is 19.4 Å². The van der Waals surface area contributed by atoms with E-state index in [0.717, 1.165) is 11.3 Å². The molecule has 1 fully saturated rings. The summed E-state index contributed by atoms with van der Waals surface area (Å²) in [6.45, 7) is 4.46. The molecule has 1 N–H and O–H groups in total. The van der Waals surface area contributed by atoms with Gasteiger partial charge in [0.1, 0.15) is 11.4 Å². The molecular weight excluding hydrogens is 322 g/mol. The number of hydrogen-bond donors (Lipinski definition) is 1. The Morgan fingerprint density at radius 3 is 2.68 bits per heavy atom. The van der Waals surface area contributed by atoms with Crippen LogP contribution in [-0.2, 0) is 4.79 Å². The number of benzene rings is 1. The minimum atomic E-state index is -0.863. The maximum Gasteiger partial charge on any atom is 0.308 e. The van der Waals surface area contributed by atoms with Crippen LogP contribution in [0.2, 0.25) is 0 Å². The molecule has 0 saturated carbocycles. The van der Waals surface area contributed by atoms with Crippen molar-refractivity contribution in [3.8, 4) is 11.4 Å². The number of methoxy groups -OCH3 is 1. The SMILES string of the molecule is COc1ccc(C)cc1-n1ccc(C(=O)N2C[C@@H](C)[C@H](C(=O)O)C2)n1. The van der Waals surface area contributed by atoms with E-state index in [-0.39, 0.29) is 18.4 Å². The summed E-state index contributed by atoms with van der Waals surface area (Å²) in [4.78, 5) is 25.4. The van der Waals surface area contributed by atoms with Gasteiger partial charge < -0.3 is 14.7 Å². The van der Waals surface area contributed by atoms with E-state index < -0.39 is 11.9 Å². The van der Waals surface area contributed by atoms with Gasteiger partial charge in [-0.3, -0.25) is 9.59 Å². The number of carboxylic acid groups (broad SMARTS) is 1. The highest BCUT2D eigenvalue weighted by atomic mass is 16.5. The number of aromatic nitrogens is 2. The highest BCUT2D eigenvalue weighted by Gasteiger charge is 2.37. The molecule has 25 heavy (non-hydrogen) atoms. The number of carboxylic acids is 1. The maximum absolute atomic E-state index is 12.7. The average Bonchev–Trinajstić information content (AvgIpc) is 3.21. The molecule has 1 aromatic heterocycles. The average molecular weight is 343 g/mol. The minimum absolute atomic E-state index is 0.0691. The molecular formula is C18H21N3O4. The fraction of sp³-hybridized carbons (Fsp3) is 0.389. The molecule has 132 valence electrons. The first-order valence-electron chi connectivity index (χ1n) is 8.13. The fourth-order valence-electron chi connectivity index (χ4n) is 3.17. The predicted molar refractivity (Wildman–Crippen MR) is 91.0 cm³/mol. The van der Waals surface area contributed by atoms with Gasteiger partial charge in [0, 0.05) is 19.3 Å². The van der Waals surface area contributed by atoms with Crippen LogP contribution < -0.4 is 4.74 Å². The summed E-state index contributed by atoms with van der Waals surface area (Å²) in [5.41, 5.74) is 2.10. The van der Waals surface area contributed by atoms with Crippen LogP contribution in [0.4, 0.5) is 0 Å². The number of aliphatic carboxylic acids is 1. The van der Waals surface area contributed by atoms with Crippen molar-refractivity contribution in [2.75, 3.05) is 20.2 Å². The Morgan fingerprint density at radius 1 is 1.28 bits per heavy atom. The van der Waals surface area contributed by atoms with Crippen LogP contribution in [0.5, 0.6) is 5.75 Å². The molecule has 2 atom stereocenters. The van der Waals surface area contributed by atoms with E-state index in [1.807, 2.05) is 32.0 Å². The first-order valence-corrected chi connectivity index (χ1v) is 8.13. The number of likely N-dealkylation sites (tertiary alicyclic amines) is 1. The number of aryl methyl sites for hydroxylation is 1. The summed E-state index contributed by atoms with van der Waals surface area (Å²) in [6, 6.07) is 7.37. The zero-order valence-electron chi connectivity index (χ0n) is 14.5.